The van der Waals surface area contributed by atoms with Crippen LogP contribution in [0, 0.1) is 5.92 Å². The van der Waals surface area contributed by atoms with Crippen molar-refractivity contribution in [2.75, 3.05) is 31.6 Å². The number of hydrogen-bond acceptors (Lipinski definition) is 4. The highest BCUT2D eigenvalue weighted by molar-refractivity contribution is 7.89. The van der Waals surface area contributed by atoms with E-state index in [9.17, 15) is 13.2 Å². The molecule has 138 valence electrons. The first-order chi connectivity index (χ1) is 12.3. The molecule has 7 heteroatoms. The molecule has 1 heterocycles. The number of primary sulfonamides is 1. The maximum Gasteiger partial charge on any atom is 0.253 e. The summed E-state index contributed by atoms with van der Waals surface area (Å²) in [6, 6.07) is 16.0. The monoisotopic (exact) mass is 373 g/mol. The minimum absolute atomic E-state index is 0.00555. The van der Waals surface area contributed by atoms with Crippen LogP contribution in [0.15, 0.2) is 59.5 Å². The molecule has 1 aliphatic heterocycles. The third-order valence-corrected chi connectivity index (χ3v) is 5.64. The molecule has 1 fully saturated rings. The van der Waals surface area contributed by atoms with E-state index in [1.165, 1.54) is 30.0 Å². The Morgan fingerprint density at radius 1 is 1.15 bits per heavy atom. The zero-order valence-corrected chi connectivity index (χ0v) is 15.5. The van der Waals surface area contributed by atoms with Gasteiger partial charge in [0.1, 0.15) is 0 Å². The number of nitrogens with zero attached hydrogens (tertiary/aromatic N) is 2. The van der Waals surface area contributed by atoms with Gasteiger partial charge in [-0.25, -0.2) is 13.6 Å². The minimum atomic E-state index is -3.75. The number of sulfonamides is 1. The summed E-state index contributed by atoms with van der Waals surface area (Å²) in [6.45, 7) is 2.57. The van der Waals surface area contributed by atoms with Gasteiger partial charge in [-0.2, -0.15) is 0 Å². The third-order valence-electron chi connectivity index (χ3n) is 4.72. The molecular weight excluding hydrogens is 350 g/mol. The lowest BCUT2D eigenvalue weighted by atomic mass is 10.1. The molecule has 1 saturated heterocycles. The van der Waals surface area contributed by atoms with Gasteiger partial charge >= 0.3 is 0 Å². The van der Waals surface area contributed by atoms with Crippen LogP contribution in [0.3, 0.4) is 0 Å². The van der Waals surface area contributed by atoms with Gasteiger partial charge in [0.05, 0.1) is 4.90 Å². The van der Waals surface area contributed by atoms with Gasteiger partial charge in [-0.15, -0.1) is 0 Å². The molecule has 2 aromatic rings. The zero-order valence-electron chi connectivity index (χ0n) is 14.7. The molecule has 1 amide bonds. The van der Waals surface area contributed by atoms with E-state index in [1.54, 1.807) is 11.9 Å². The van der Waals surface area contributed by atoms with Gasteiger partial charge < -0.3 is 9.80 Å². The topological polar surface area (TPSA) is 83.7 Å². The van der Waals surface area contributed by atoms with Crippen LogP contribution >= 0.6 is 0 Å². The van der Waals surface area contributed by atoms with Gasteiger partial charge in [0.25, 0.3) is 5.91 Å². The molecule has 2 N–H and O–H groups in total. The van der Waals surface area contributed by atoms with Crippen LogP contribution in [-0.2, 0) is 10.0 Å². The number of nitrogens with two attached hydrogens (primary N) is 1. The van der Waals surface area contributed by atoms with Crippen molar-refractivity contribution >= 4 is 21.6 Å². The largest absolute Gasteiger partial charge is 0.371 e. The molecule has 1 atom stereocenters. The number of carbonyl (C=O) groups is 1. The average Bonchev–Trinajstić information content (AvgIpc) is 3.09. The highest BCUT2D eigenvalue weighted by Crippen LogP contribution is 2.24. The lowest BCUT2D eigenvalue weighted by Gasteiger charge is -2.23. The number of amides is 1. The summed E-state index contributed by atoms with van der Waals surface area (Å²) in [5.41, 5.74) is 1.67. The van der Waals surface area contributed by atoms with E-state index in [-0.39, 0.29) is 10.8 Å². The van der Waals surface area contributed by atoms with Crippen molar-refractivity contribution in [2.45, 2.75) is 11.3 Å². The van der Waals surface area contributed by atoms with Gasteiger partial charge in [0, 0.05) is 37.9 Å². The first kappa shape index (κ1) is 18.4. The van der Waals surface area contributed by atoms with E-state index in [4.69, 9.17) is 5.14 Å². The molecule has 0 bridgehead atoms. The summed E-state index contributed by atoms with van der Waals surface area (Å²) < 4.78 is 22.6. The Labute approximate surface area is 154 Å². The van der Waals surface area contributed by atoms with Gasteiger partial charge in [-0.3, -0.25) is 4.79 Å². The van der Waals surface area contributed by atoms with Crippen molar-refractivity contribution in [2.24, 2.45) is 11.1 Å². The van der Waals surface area contributed by atoms with E-state index >= 15 is 0 Å². The van der Waals surface area contributed by atoms with Gasteiger partial charge in [-0.05, 0) is 48.7 Å². The van der Waals surface area contributed by atoms with E-state index in [2.05, 4.69) is 17.0 Å². The molecule has 0 spiro atoms. The summed E-state index contributed by atoms with van der Waals surface area (Å²) in [4.78, 5) is 16.6. The fraction of sp³-hybridized carbons (Fsp3) is 0.316. The van der Waals surface area contributed by atoms with Crippen molar-refractivity contribution < 1.29 is 13.2 Å². The second-order valence-corrected chi connectivity index (χ2v) is 8.25. The summed E-state index contributed by atoms with van der Waals surface area (Å²) in [5.74, 6) is 0.289. The summed E-state index contributed by atoms with van der Waals surface area (Å²) in [7, 11) is -1.97. The van der Waals surface area contributed by atoms with E-state index < -0.39 is 10.0 Å². The van der Waals surface area contributed by atoms with Crippen LogP contribution in [0.4, 0.5) is 5.69 Å². The van der Waals surface area contributed by atoms with Crippen molar-refractivity contribution in [3.8, 4) is 0 Å². The number of para-hydroxylation sites is 1. The van der Waals surface area contributed by atoms with E-state index in [0.29, 0.717) is 18.0 Å². The molecular formula is C19H23N3O3S. The number of carbonyl (C=O) groups excluding carboxylic acids is 1. The fourth-order valence-corrected chi connectivity index (χ4v) is 3.85. The Balaban J connectivity index is 1.60. The van der Waals surface area contributed by atoms with Gasteiger partial charge in [-0.1, -0.05) is 18.2 Å². The predicted molar refractivity (Wildman–Crippen MR) is 102 cm³/mol. The molecule has 1 aliphatic rings. The normalized spacial score (nSPS) is 17.3. The molecule has 0 radical (unpaired) electrons. The summed E-state index contributed by atoms with van der Waals surface area (Å²) in [6.07, 6.45) is 1.04. The summed E-state index contributed by atoms with van der Waals surface area (Å²) in [5, 5.41) is 5.08. The Morgan fingerprint density at radius 3 is 2.42 bits per heavy atom. The molecule has 1 unspecified atom stereocenters. The second-order valence-electron chi connectivity index (χ2n) is 6.69. The van der Waals surface area contributed by atoms with Crippen molar-refractivity contribution in [1.29, 1.82) is 0 Å². The Kier molecular flexibility index (Phi) is 5.29. The zero-order chi connectivity index (χ0) is 18.7. The van der Waals surface area contributed by atoms with Crippen LogP contribution in [-0.4, -0.2) is 45.9 Å². The predicted octanol–water partition coefficient (Wildman–Crippen LogP) is 1.93. The van der Waals surface area contributed by atoms with Crippen molar-refractivity contribution in [1.82, 2.24) is 4.90 Å². The fourth-order valence-electron chi connectivity index (χ4n) is 3.33. The maximum atomic E-state index is 12.6. The molecule has 0 saturated carbocycles. The van der Waals surface area contributed by atoms with Gasteiger partial charge in [0.15, 0.2) is 0 Å². The summed E-state index contributed by atoms with van der Waals surface area (Å²) >= 11 is 0. The van der Waals surface area contributed by atoms with Crippen LogP contribution in [0.25, 0.3) is 0 Å². The molecule has 3 rings (SSSR count). The van der Waals surface area contributed by atoms with Crippen LogP contribution in [0.1, 0.15) is 16.8 Å². The van der Waals surface area contributed by atoms with E-state index in [1.807, 2.05) is 18.2 Å². The minimum Gasteiger partial charge on any atom is -0.371 e. The molecule has 0 aliphatic carbocycles. The molecule has 0 aromatic heterocycles. The van der Waals surface area contributed by atoms with Gasteiger partial charge in [0.2, 0.25) is 10.0 Å². The number of rotatable bonds is 5. The lowest BCUT2D eigenvalue weighted by Crippen LogP contribution is -2.33. The molecule has 6 nitrogen and oxygen atoms in total. The Bertz CT molecular complexity index is 867. The average molecular weight is 373 g/mol. The number of benzene rings is 2. The third kappa shape index (κ3) is 4.23. The van der Waals surface area contributed by atoms with E-state index in [0.717, 1.165) is 19.5 Å². The van der Waals surface area contributed by atoms with Crippen molar-refractivity contribution in [3.05, 3.63) is 60.2 Å². The van der Waals surface area contributed by atoms with Crippen LogP contribution in [0.2, 0.25) is 0 Å². The Hall–Kier alpha value is -2.38. The van der Waals surface area contributed by atoms with Crippen LogP contribution < -0.4 is 10.0 Å². The Morgan fingerprint density at radius 2 is 1.81 bits per heavy atom. The first-order valence-corrected chi connectivity index (χ1v) is 10.1. The quantitative estimate of drug-likeness (QED) is 0.868. The molecule has 2 aromatic carbocycles. The maximum absolute atomic E-state index is 12.6. The number of anilines is 1. The lowest BCUT2D eigenvalue weighted by molar-refractivity contribution is 0.0776. The standard InChI is InChI=1S/C19H23N3O3S/c1-21(19(23)16-7-9-18(10-8-16)26(20,24)25)13-15-11-12-22(14-15)17-5-3-2-4-6-17/h2-10,15H,11-14H2,1H3,(H2,20,24,25). The van der Waals surface area contributed by atoms with Crippen molar-refractivity contribution in [3.63, 3.8) is 0 Å². The SMILES string of the molecule is CN(CC1CCN(c2ccccc2)C1)C(=O)c1ccc(S(N)(=O)=O)cc1. The smallest absolute Gasteiger partial charge is 0.253 e. The molecule has 26 heavy (non-hydrogen) atoms. The van der Waals surface area contributed by atoms with Crippen LogP contribution in [0.5, 0.6) is 0 Å². The highest BCUT2D eigenvalue weighted by Gasteiger charge is 2.25. The highest BCUT2D eigenvalue weighted by atomic mass is 32.2. The first-order valence-electron chi connectivity index (χ1n) is 8.53. The second kappa shape index (κ2) is 7.47. The number of hydrogen-bond donors (Lipinski definition) is 1.